The molecule has 2 aliphatic heterocycles. The Balaban J connectivity index is 1.60. The van der Waals surface area contributed by atoms with Gasteiger partial charge in [0.2, 0.25) is 0 Å². The van der Waals surface area contributed by atoms with Gasteiger partial charge in [-0.05, 0) is 75.5 Å². The Labute approximate surface area is 172 Å². The molecule has 5 nitrogen and oxygen atoms in total. The molecule has 2 aromatic carbocycles. The van der Waals surface area contributed by atoms with Gasteiger partial charge in [-0.25, -0.2) is 9.97 Å². The van der Waals surface area contributed by atoms with E-state index in [0.717, 1.165) is 29.8 Å². The zero-order chi connectivity index (χ0) is 19.8. The molecule has 0 radical (unpaired) electrons. The summed E-state index contributed by atoms with van der Waals surface area (Å²) in [5.41, 5.74) is 2.81. The smallest absolute Gasteiger partial charge is 0.165 e. The van der Waals surface area contributed by atoms with Crippen LogP contribution >= 0.6 is 0 Å². The Morgan fingerprint density at radius 2 is 1.83 bits per heavy atom. The van der Waals surface area contributed by atoms with E-state index >= 15 is 0 Å². The second-order valence-electron chi connectivity index (χ2n) is 8.41. The van der Waals surface area contributed by atoms with Crippen LogP contribution in [-0.2, 0) is 0 Å². The number of para-hydroxylation sites is 1. The van der Waals surface area contributed by atoms with E-state index in [1.54, 1.807) is 6.07 Å². The highest BCUT2D eigenvalue weighted by Gasteiger charge is 2.30. The third-order valence-corrected chi connectivity index (χ3v) is 6.29. The van der Waals surface area contributed by atoms with Gasteiger partial charge in [-0.2, -0.15) is 0 Å². The van der Waals surface area contributed by atoms with Crippen molar-refractivity contribution in [1.29, 1.82) is 0 Å². The topological polar surface area (TPSA) is 52.5 Å². The van der Waals surface area contributed by atoms with Gasteiger partial charge >= 0.3 is 0 Å². The van der Waals surface area contributed by atoms with Crippen molar-refractivity contribution in [3.63, 3.8) is 0 Å². The average Bonchev–Trinajstić information content (AvgIpc) is 3.40. The zero-order valence-corrected chi connectivity index (χ0v) is 17.0. The summed E-state index contributed by atoms with van der Waals surface area (Å²) in [6.45, 7) is 6.67. The SMILES string of the molecule is Cc1ccc2c(N3CCC[C@H]3CN3CCCC3)nc(-c3ccccc3O)nc2c1. The second-order valence-corrected chi connectivity index (χ2v) is 8.41. The maximum atomic E-state index is 10.4. The lowest BCUT2D eigenvalue weighted by Crippen LogP contribution is -2.40. The summed E-state index contributed by atoms with van der Waals surface area (Å²) in [5, 5.41) is 11.5. The standard InChI is InChI=1S/C24H28N4O/c1-17-10-11-19-21(15-17)25-23(20-8-2-3-9-22(20)29)26-24(19)28-14-6-7-18(28)16-27-12-4-5-13-27/h2-3,8-11,15,18,29H,4-7,12-14,16H2,1H3/t18-/m0/s1. The highest BCUT2D eigenvalue weighted by atomic mass is 16.3. The Kier molecular flexibility index (Phi) is 4.84. The third-order valence-electron chi connectivity index (χ3n) is 6.29. The number of anilines is 1. The van der Waals surface area contributed by atoms with E-state index in [4.69, 9.17) is 9.97 Å². The van der Waals surface area contributed by atoms with Gasteiger partial charge in [0.25, 0.3) is 0 Å². The number of phenolic OH excluding ortho intramolecular Hbond substituents is 1. The molecule has 29 heavy (non-hydrogen) atoms. The van der Waals surface area contributed by atoms with Crippen molar-refractivity contribution < 1.29 is 5.11 Å². The summed E-state index contributed by atoms with van der Waals surface area (Å²) in [4.78, 5) is 14.9. The summed E-state index contributed by atoms with van der Waals surface area (Å²) in [6.07, 6.45) is 5.04. The number of aryl methyl sites for hydroxylation is 1. The van der Waals surface area contributed by atoms with Crippen LogP contribution in [0, 0.1) is 6.92 Å². The molecule has 0 spiro atoms. The molecule has 5 heteroatoms. The predicted molar refractivity (Wildman–Crippen MR) is 117 cm³/mol. The van der Waals surface area contributed by atoms with Crippen LogP contribution in [0.4, 0.5) is 5.82 Å². The van der Waals surface area contributed by atoms with E-state index in [0.29, 0.717) is 17.4 Å². The lowest BCUT2D eigenvalue weighted by Gasteiger charge is -2.30. The van der Waals surface area contributed by atoms with Crippen LogP contribution < -0.4 is 4.90 Å². The van der Waals surface area contributed by atoms with Crippen LogP contribution in [0.3, 0.4) is 0 Å². The van der Waals surface area contributed by atoms with Gasteiger partial charge in [0.15, 0.2) is 5.82 Å². The minimum Gasteiger partial charge on any atom is -0.507 e. The monoisotopic (exact) mass is 388 g/mol. The van der Waals surface area contributed by atoms with Crippen molar-refractivity contribution in [2.45, 2.75) is 38.6 Å². The Bertz CT molecular complexity index is 1030. The summed E-state index contributed by atoms with van der Waals surface area (Å²) in [7, 11) is 0. The number of aromatic nitrogens is 2. The summed E-state index contributed by atoms with van der Waals surface area (Å²) in [6, 6.07) is 14.2. The molecule has 3 aromatic rings. The molecule has 1 N–H and O–H groups in total. The van der Waals surface area contributed by atoms with E-state index < -0.39 is 0 Å². The lowest BCUT2D eigenvalue weighted by atomic mass is 10.1. The number of aromatic hydroxyl groups is 1. The number of rotatable bonds is 4. The number of likely N-dealkylation sites (tertiary alicyclic amines) is 1. The minimum atomic E-state index is 0.223. The molecule has 0 saturated carbocycles. The van der Waals surface area contributed by atoms with E-state index in [9.17, 15) is 5.11 Å². The van der Waals surface area contributed by atoms with Crippen LogP contribution in [0.5, 0.6) is 5.75 Å². The molecular formula is C24H28N4O. The Morgan fingerprint density at radius 1 is 1.00 bits per heavy atom. The number of nitrogens with zero attached hydrogens (tertiary/aromatic N) is 4. The molecule has 0 unspecified atom stereocenters. The Morgan fingerprint density at radius 3 is 2.66 bits per heavy atom. The van der Waals surface area contributed by atoms with Gasteiger partial charge in [-0.3, -0.25) is 0 Å². The van der Waals surface area contributed by atoms with Crippen LogP contribution in [0.25, 0.3) is 22.3 Å². The van der Waals surface area contributed by atoms with Crippen LogP contribution in [-0.4, -0.2) is 52.2 Å². The van der Waals surface area contributed by atoms with Crippen molar-refractivity contribution in [3.05, 3.63) is 48.0 Å². The number of benzene rings is 2. The fraction of sp³-hybridized carbons (Fsp3) is 0.417. The van der Waals surface area contributed by atoms with Crippen LogP contribution in [0.15, 0.2) is 42.5 Å². The van der Waals surface area contributed by atoms with E-state index in [2.05, 4.69) is 34.9 Å². The molecule has 1 atom stereocenters. The van der Waals surface area contributed by atoms with Crippen molar-refractivity contribution in [1.82, 2.24) is 14.9 Å². The number of hydrogen-bond acceptors (Lipinski definition) is 5. The lowest BCUT2D eigenvalue weighted by molar-refractivity contribution is 0.313. The van der Waals surface area contributed by atoms with Gasteiger partial charge in [-0.1, -0.05) is 18.2 Å². The number of fused-ring (bicyclic) bond motifs is 1. The van der Waals surface area contributed by atoms with Crippen molar-refractivity contribution in [2.24, 2.45) is 0 Å². The first-order valence-electron chi connectivity index (χ1n) is 10.7. The molecule has 1 aromatic heterocycles. The zero-order valence-electron chi connectivity index (χ0n) is 17.0. The van der Waals surface area contributed by atoms with E-state index in [-0.39, 0.29) is 5.75 Å². The van der Waals surface area contributed by atoms with Gasteiger partial charge in [-0.15, -0.1) is 0 Å². The van der Waals surface area contributed by atoms with E-state index in [1.165, 1.54) is 44.3 Å². The van der Waals surface area contributed by atoms with Gasteiger partial charge < -0.3 is 14.9 Å². The predicted octanol–water partition coefficient (Wildman–Crippen LogP) is 4.38. The second kappa shape index (κ2) is 7.64. The normalized spacial score (nSPS) is 20.0. The molecule has 150 valence electrons. The molecule has 2 aliphatic rings. The fourth-order valence-corrected chi connectivity index (χ4v) is 4.79. The first-order valence-corrected chi connectivity index (χ1v) is 10.7. The van der Waals surface area contributed by atoms with Crippen LogP contribution in [0.1, 0.15) is 31.2 Å². The molecule has 5 rings (SSSR count). The van der Waals surface area contributed by atoms with Gasteiger partial charge in [0, 0.05) is 24.5 Å². The molecule has 0 amide bonds. The quantitative estimate of drug-likeness (QED) is 0.719. The minimum absolute atomic E-state index is 0.223. The maximum Gasteiger partial charge on any atom is 0.165 e. The maximum absolute atomic E-state index is 10.4. The third kappa shape index (κ3) is 3.55. The van der Waals surface area contributed by atoms with Gasteiger partial charge in [0.1, 0.15) is 11.6 Å². The van der Waals surface area contributed by atoms with Crippen molar-refractivity contribution in [3.8, 4) is 17.1 Å². The molecular weight excluding hydrogens is 360 g/mol. The summed E-state index contributed by atoms with van der Waals surface area (Å²) < 4.78 is 0. The first-order chi connectivity index (χ1) is 14.2. The molecule has 3 heterocycles. The highest BCUT2D eigenvalue weighted by molar-refractivity contribution is 5.92. The fourth-order valence-electron chi connectivity index (χ4n) is 4.79. The largest absolute Gasteiger partial charge is 0.507 e. The molecule has 2 fully saturated rings. The molecule has 0 aliphatic carbocycles. The average molecular weight is 389 g/mol. The number of phenols is 1. The Hall–Kier alpha value is -2.66. The van der Waals surface area contributed by atoms with Gasteiger partial charge in [0.05, 0.1) is 11.1 Å². The molecule has 0 bridgehead atoms. The van der Waals surface area contributed by atoms with E-state index in [1.807, 2.05) is 18.2 Å². The molecule has 2 saturated heterocycles. The highest BCUT2D eigenvalue weighted by Crippen LogP contribution is 2.35. The van der Waals surface area contributed by atoms with Crippen molar-refractivity contribution in [2.75, 3.05) is 31.1 Å². The van der Waals surface area contributed by atoms with Crippen molar-refractivity contribution >= 4 is 16.7 Å². The summed E-state index contributed by atoms with van der Waals surface area (Å²) in [5.74, 6) is 1.83. The van der Waals surface area contributed by atoms with Crippen LogP contribution in [0.2, 0.25) is 0 Å². The number of hydrogen-bond donors (Lipinski definition) is 1. The summed E-state index contributed by atoms with van der Waals surface area (Å²) >= 11 is 0. The first kappa shape index (κ1) is 18.4.